The first-order valence-electron chi connectivity index (χ1n) is 2.76. The lowest BCUT2D eigenvalue weighted by Gasteiger charge is -1.81. The van der Waals surface area contributed by atoms with Gasteiger partial charge >= 0.3 is 5.97 Å². The summed E-state index contributed by atoms with van der Waals surface area (Å²) in [5.74, 6) is -1.12. The van der Waals surface area contributed by atoms with Crippen LogP contribution in [-0.4, -0.2) is 11.9 Å². The average Bonchev–Trinajstić information content (AvgIpc) is 2.20. The zero-order valence-electron chi connectivity index (χ0n) is 5.22. The minimum absolute atomic E-state index is 0.0370. The monoisotopic (exact) mass is 140 g/mol. The van der Waals surface area contributed by atoms with Gasteiger partial charge in [0.25, 0.3) is 5.91 Å². The highest BCUT2D eigenvalue weighted by molar-refractivity contribution is 6.19. The van der Waals surface area contributed by atoms with Crippen molar-refractivity contribution in [1.82, 2.24) is 5.48 Å². The molecule has 53 valence electrons. The maximum absolute atomic E-state index is 10.6. The Balaban J connectivity index is 2.82. The molecule has 4 heteroatoms. The molecule has 1 aliphatic rings. The second kappa shape index (κ2) is 2.51. The van der Waals surface area contributed by atoms with Crippen LogP contribution < -0.4 is 5.48 Å². The quantitative estimate of drug-likeness (QED) is 0.402. The van der Waals surface area contributed by atoms with Crippen molar-refractivity contribution in [1.29, 1.82) is 0 Å². The van der Waals surface area contributed by atoms with Crippen LogP contribution in [0.15, 0.2) is 11.6 Å². The molecule has 0 unspecified atom stereocenters. The molecule has 1 fully saturated rings. The van der Waals surface area contributed by atoms with Crippen LogP contribution in [0.3, 0.4) is 0 Å². The molecule has 0 bridgehead atoms. The fourth-order valence-electron chi connectivity index (χ4n) is 0.616. The molecule has 1 N–H and O–H groups in total. The lowest BCUT2D eigenvalue weighted by molar-refractivity contribution is -0.143. The van der Waals surface area contributed by atoms with Crippen molar-refractivity contribution in [2.45, 2.75) is 6.42 Å². The van der Waals surface area contributed by atoms with Crippen molar-refractivity contribution in [2.75, 3.05) is 0 Å². The SMILES string of the molecule is [CH2]CC=C1C(=O)NOC1=O. The van der Waals surface area contributed by atoms with E-state index in [1.54, 1.807) is 0 Å². The van der Waals surface area contributed by atoms with Crippen LogP contribution in [0.25, 0.3) is 0 Å². The second-order valence-electron chi connectivity index (χ2n) is 1.73. The van der Waals surface area contributed by atoms with Crippen LogP contribution in [0.1, 0.15) is 6.42 Å². The van der Waals surface area contributed by atoms with Gasteiger partial charge in [-0.3, -0.25) is 4.79 Å². The number of carbonyl (C=O) groups excluding carboxylic acids is 2. The van der Waals surface area contributed by atoms with Gasteiger partial charge in [-0.1, -0.05) is 6.08 Å². The first-order valence-corrected chi connectivity index (χ1v) is 2.76. The smallest absolute Gasteiger partial charge is 0.335 e. The van der Waals surface area contributed by atoms with Gasteiger partial charge in [0, 0.05) is 0 Å². The molecule has 10 heavy (non-hydrogen) atoms. The molecular formula is C6H6NO3. The van der Waals surface area contributed by atoms with E-state index in [4.69, 9.17) is 0 Å². The highest BCUT2D eigenvalue weighted by Gasteiger charge is 2.27. The van der Waals surface area contributed by atoms with Gasteiger partial charge in [-0.05, 0) is 13.3 Å². The number of allylic oxidation sites excluding steroid dienone is 1. The standard InChI is InChI=1S/C6H6NO3/c1-2-3-4-5(8)7-10-6(4)9/h3H,1-2H2,(H,7,8). The van der Waals surface area contributed by atoms with Crippen molar-refractivity contribution in [3.63, 3.8) is 0 Å². The summed E-state index contributed by atoms with van der Waals surface area (Å²) in [6.45, 7) is 3.45. The molecule has 0 aliphatic carbocycles. The van der Waals surface area contributed by atoms with Crippen LogP contribution in [0.5, 0.6) is 0 Å². The molecule has 0 aromatic rings. The van der Waals surface area contributed by atoms with Crippen molar-refractivity contribution in [3.05, 3.63) is 18.6 Å². The zero-order valence-corrected chi connectivity index (χ0v) is 5.22. The average molecular weight is 140 g/mol. The third-order valence-corrected chi connectivity index (χ3v) is 1.05. The van der Waals surface area contributed by atoms with Gasteiger partial charge in [0.2, 0.25) is 0 Å². The second-order valence-corrected chi connectivity index (χ2v) is 1.73. The molecule has 0 aromatic heterocycles. The number of hydrogen-bond acceptors (Lipinski definition) is 3. The molecule has 1 heterocycles. The fraction of sp³-hybridized carbons (Fsp3) is 0.167. The largest absolute Gasteiger partial charge is 0.368 e. The van der Waals surface area contributed by atoms with Crippen LogP contribution in [-0.2, 0) is 14.4 Å². The van der Waals surface area contributed by atoms with Crippen LogP contribution >= 0.6 is 0 Å². The van der Waals surface area contributed by atoms with Gasteiger partial charge in [-0.25, -0.2) is 4.79 Å². The number of nitrogens with one attached hydrogen (secondary N) is 1. The predicted octanol–water partition coefficient (Wildman–Crippen LogP) is -0.275. The Bertz CT molecular complexity index is 189. The van der Waals surface area contributed by atoms with E-state index in [9.17, 15) is 9.59 Å². The van der Waals surface area contributed by atoms with Gasteiger partial charge in [-0.15, -0.1) is 0 Å². The van der Waals surface area contributed by atoms with E-state index in [-0.39, 0.29) is 5.57 Å². The molecule has 1 rings (SSSR count). The molecule has 0 aromatic carbocycles. The molecule has 4 nitrogen and oxygen atoms in total. The van der Waals surface area contributed by atoms with Gasteiger partial charge < -0.3 is 4.84 Å². The molecule has 1 radical (unpaired) electrons. The Labute approximate surface area is 57.8 Å². The highest BCUT2D eigenvalue weighted by atomic mass is 16.7. The third kappa shape index (κ3) is 1.00. The van der Waals surface area contributed by atoms with E-state index >= 15 is 0 Å². The molecule has 0 atom stereocenters. The maximum Gasteiger partial charge on any atom is 0.368 e. The molecule has 1 amide bonds. The lowest BCUT2D eigenvalue weighted by atomic mass is 10.2. The van der Waals surface area contributed by atoms with Crippen molar-refractivity contribution in [2.24, 2.45) is 0 Å². The molecule has 1 aliphatic heterocycles. The van der Waals surface area contributed by atoms with E-state index < -0.39 is 11.9 Å². The van der Waals surface area contributed by atoms with Gasteiger partial charge in [-0.2, -0.15) is 5.48 Å². The van der Waals surface area contributed by atoms with Crippen LogP contribution in [0.2, 0.25) is 0 Å². The topological polar surface area (TPSA) is 55.4 Å². The first kappa shape index (κ1) is 6.80. The zero-order chi connectivity index (χ0) is 7.56. The fourth-order valence-corrected chi connectivity index (χ4v) is 0.616. The lowest BCUT2D eigenvalue weighted by Crippen LogP contribution is -2.12. The van der Waals surface area contributed by atoms with Crippen molar-refractivity contribution < 1.29 is 14.4 Å². The van der Waals surface area contributed by atoms with E-state index in [1.807, 2.05) is 5.48 Å². The van der Waals surface area contributed by atoms with Crippen molar-refractivity contribution in [3.8, 4) is 0 Å². The summed E-state index contributed by atoms with van der Waals surface area (Å²) in [6, 6.07) is 0. The molecule has 1 saturated heterocycles. The van der Waals surface area contributed by atoms with E-state index in [0.717, 1.165) is 0 Å². The summed E-state index contributed by atoms with van der Waals surface area (Å²) in [5.41, 5.74) is 1.96. The molecule has 0 spiro atoms. The Morgan fingerprint density at radius 3 is 2.70 bits per heavy atom. The number of hydroxylamine groups is 1. The summed E-state index contributed by atoms with van der Waals surface area (Å²) in [7, 11) is 0. The number of hydrogen-bond donors (Lipinski definition) is 1. The maximum atomic E-state index is 10.6. The first-order chi connectivity index (χ1) is 4.75. The minimum atomic E-state index is -0.631. The summed E-state index contributed by atoms with van der Waals surface area (Å²) in [6.07, 6.45) is 1.82. The Morgan fingerprint density at radius 2 is 2.30 bits per heavy atom. The van der Waals surface area contributed by atoms with Gasteiger partial charge in [0.15, 0.2) is 0 Å². The summed E-state index contributed by atoms with van der Waals surface area (Å²) < 4.78 is 0. The number of rotatable bonds is 1. The number of carbonyl (C=O) groups is 2. The predicted molar refractivity (Wildman–Crippen MR) is 32.3 cm³/mol. The van der Waals surface area contributed by atoms with Gasteiger partial charge in [0.1, 0.15) is 5.57 Å². The summed E-state index contributed by atoms with van der Waals surface area (Å²) in [4.78, 5) is 25.4. The summed E-state index contributed by atoms with van der Waals surface area (Å²) >= 11 is 0. The van der Waals surface area contributed by atoms with E-state index in [0.29, 0.717) is 6.42 Å². The summed E-state index contributed by atoms with van der Waals surface area (Å²) in [5, 5.41) is 0. The van der Waals surface area contributed by atoms with Crippen LogP contribution in [0, 0.1) is 6.92 Å². The Kier molecular flexibility index (Phi) is 1.71. The highest BCUT2D eigenvalue weighted by Crippen LogP contribution is 2.05. The van der Waals surface area contributed by atoms with Crippen molar-refractivity contribution >= 4 is 11.9 Å². The van der Waals surface area contributed by atoms with E-state index in [2.05, 4.69) is 11.8 Å². The van der Waals surface area contributed by atoms with Crippen LogP contribution in [0.4, 0.5) is 0 Å². The van der Waals surface area contributed by atoms with E-state index in [1.165, 1.54) is 6.08 Å². The minimum Gasteiger partial charge on any atom is -0.335 e. The Morgan fingerprint density at radius 1 is 1.60 bits per heavy atom. The third-order valence-electron chi connectivity index (χ3n) is 1.05. The number of amides is 1. The Hall–Kier alpha value is -1.32. The van der Waals surface area contributed by atoms with Gasteiger partial charge in [0.05, 0.1) is 0 Å². The molecule has 0 saturated carbocycles. The molecular weight excluding hydrogens is 134 g/mol. The normalized spacial score (nSPS) is 21.1.